The van der Waals surface area contributed by atoms with Crippen molar-refractivity contribution in [2.75, 3.05) is 19.0 Å². The van der Waals surface area contributed by atoms with Crippen molar-refractivity contribution in [3.63, 3.8) is 0 Å². The van der Waals surface area contributed by atoms with Crippen molar-refractivity contribution < 1.29 is 9.53 Å². The molecule has 0 spiro atoms. The van der Waals surface area contributed by atoms with Crippen molar-refractivity contribution in [2.45, 2.75) is 26.4 Å². The number of urea groups is 1. The van der Waals surface area contributed by atoms with E-state index < -0.39 is 0 Å². The number of benzene rings is 1. The number of ether oxygens (including phenoxy) is 1. The molecule has 5 nitrogen and oxygen atoms in total. The van der Waals surface area contributed by atoms with Crippen LogP contribution in [0.5, 0.6) is 5.75 Å². The number of amides is 2. The maximum Gasteiger partial charge on any atom is 0.322 e. The number of hydrogen-bond acceptors (Lipinski definition) is 2. The molecule has 0 unspecified atom stereocenters. The van der Waals surface area contributed by atoms with Crippen molar-refractivity contribution in [3.05, 3.63) is 47.2 Å². The molecule has 1 aromatic carbocycles. The summed E-state index contributed by atoms with van der Waals surface area (Å²) in [6, 6.07) is 9.21. The molecule has 0 fully saturated rings. The van der Waals surface area contributed by atoms with E-state index in [1.165, 1.54) is 5.69 Å². The van der Waals surface area contributed by atoms with Crippen LogP contribution < -0.4 is 10.1 Å². The van der Waals surface area contributed by atoms with Crippen molar-refractivity contribution in [1.29, 1.82) is 0 Å². The van der Waals surface area contributed by atoms with Crippen LogP contribution in [-0.4, -0.2) is 29.2 Å². The molecule has 1 aliphatic rings. The number of rotatable bonds is 3. The van der Waals surface area contributed by atoms with Gasteiger partial charge in [-0.1, -0.05) is 25.4 Å². The highest BCUT2D eigenvalue weighted by molar-refractivity contribution is 6.31. The van der Waals surface area contributed by atoms with Gasteiger partial charge in [0.1, 0.15) is 5.75 Å². The molecule has 6 heteroatoms. The van der Waals surface area contributed by atoms with Crippen LogP contribution in [0.15, 0.2) is 36.5 Å². The Balaban J connectivity index is 1.86. The highest BCUT2D eigenvalue weighted by atomic mass is 35.5. The maximum absolute atomic E-state index is 12.9. The van der Waals surface area contributed by atoms with Gasteiger partial charge >= 0.3 is 6.03 Å². The second kappa shape index (κ2) is 6.77. The lowest BCUT2D eigenvalue weighted by Crippen LogP contribution is -2.45. The van der Waals surface area contributed by atoms with Crippen LogP contribution in [0.4, 0.5) is 10.5 Å². The largest absolute Gasteiger partial charge is 0.495 e. The normalized spacial score (nSPS) is 16.9. The average Bonchev–Trinajstić information content (AvgIpc) is 3.02. The Morgan fingerprint density at radius 3 is 2.83 bits per heavy atom. The highest BCUT2D eigenvalue weighted by Gasteiger charge is 2.33. The van der Waals surface area contributed by atoms with Gasteiger partial charge in [0.25, 0.3) is 0 Å². The topological polar surface area (TPSA) is 46.5 Å². The first-order chi connectivity index (χ1) is 11.5. The molecule has 2 aromatic rings. The van der Waals surface area contributed by atoms with Gasteiger partial charge in [-0.15, -0.1) is 0 Å². The molecule has 1 aromatic heterocycles. The Hall–Kier alpha value is -2.14. The molecule has 0 saturated heterocycles. The van der Waals surface area contributed by atoms with Gasteiger partial charge in [0.05, 0.1) is 18.8 Å². The standard InChI is InChI=1S/C18H22ClN3O2/c1-12(2)17-15-5-4-8-21(15)9-10-22(17)18(23)20-14-11-13(19)6-7-16(14)24-3/h4-8,11-12,17H,9-10H2,1-3H3,(H,20,23)/t17-/m0/s1. The van der Waals surface area contributed by atoms with E-state index in [-0.39, 0.29) is 12.1 Å². The zero-order valence-electron chi connectivity index (χ0n) is 14.1. The SMILES string of the molecule is COc1ccc(Cl)cc1NC(=O)N1CCn2cccc2[C@@H]1C(C)C. The summed E-state index contributed by atoms with van der Waals surface area (Å²) >= 11 is 6.05. The molecule has 0 saturated carbocycles. The monoisotopic (exact) mass is 347 g/mol. The van der Waals surface area contributed by atoms with Crippen LogP contribution in [-0.2, 0) is 6.54 Å². The quantitative estimate of drug-likeness (QED) is 0.894. The maximum atomic E-state index is 12.9. The van der Waals surface area contributed by atoms with E-state index in [2.05, 4.69) is 36.0 Å². The molecule has 0 bridgehead atoms. The van der Waals surface area contributed by atoms with Crippen LogP contribution in [0.3, 0.4) is 0 Å². The lowest BCUT2D eigenvalue weighted by atomic mass is 9.97. The summed E-state index contributed by atoms with van der Waals surface area (Å²) in [7, 11) is 1.57. The molecule has 1 atom stereocenters. The third-order valence-corrected chi connectivity index (χ3v) is 4.62. The number of methoxy groups -OCH3 is 1. The Labute approximate surface area is 147 Å². The summed E-state index contributed by atoms with van der Waals surface area (Å²) in [6.45, 7) is 5.73. The van der Waals surface area contributed by atoms with Gasteiger partial charge in [-0.3, -0.25) is 0 Å². The van der Waals surface area contributed by atoms with Crippen LogP contribution in [0, 0.1) is 5.92 Å². The van der Waals surface area contributed by atoms with E-state index in [9.17, 15) is 4.79 Å². The summed E-state index contributed by atoms with van der Waals surface area (Å²) in [5, 5.41) is 3.50. The second-order valence-corrected chi connectivity index (χ2v) is 6.72. The molecule has 1 aliphatic heterocycles. The number of aromatic nitrogens is 1. The van der Waals surface area contributed by atoms with Crippen LogP contribution in [0.2, 0.25) is 5.02 Å². The Bertz CT molecular complexity index is 742. The first-order valence-corrected chi connectivity index (χ1v) is 8.45. The van der Waals surface area contributed by atoms with Gasteiger partial charge < -0.3 is 19.5 Å². The molecule has 128 valence electrons. The number of nitrogens with one attached hydrogen (secondary N) is 1. The molecule has 0 aliphatic carbocycles. The van der Waals surface area contributed by atoms with E-state index in [4.69, 9.17) is 16.3 Å². The molecular formula is C18H22ClN3O2. The molecule has 3 rings (SSSR count). The summed E-state index contributed by atoms with van der Waals surface area (Å²) in [6.07, 6.45) is 2.07. The fourth-order valence-corrected chi connectivity index (χ4v) is 3.48. The minimum absolute atomic E-state index is 0.0407. The minimum atomic E-state index is -0.137. The number of anilines is 1. The lowest BCUT2D eigenvalue weighted by Gasteiger charge is -2.39. The molecule has 1 N–H and O–H groups in total. The van der Waals surface area contributed by atoms with Crippen molar-refractivity contribution >= 4 is 23.3 Å². The zero-order chi connectivity index (χ0) is 17.3. The molecule has 2 heterocycles. The zero-order valence-corrected chi connectivity index (χ0v) is 14.9. The van der Waals surface area contributed by atoms with Gasteiger partial charge in [0, 0.05) is 30.0 Å². The molecule has 0 radical (unpaired) electrons. The summed E-state index contributed by atoms with van der Waals surface area (Å²) in [5.41, 5.74) is 1.75. The van der Waals surface area contributed by atoms with Crippen LogP contribution in [0.25, 0.3) is 0 Å². The van der Waals surface area contributed by atoms with Gasteiger partial charge in [-0.05, 0) is 36.2 Å². The minimum Gasteiger partial charge on any atom is -0.495 e. The highest BCUT2D eigenvalue weighted by Crippen LogP contribution is 2.34. The predicted molar refractivity (Wildman–Crippen MR) is 95.7 cm³/mol. The third-order valence-electron chi connectivity index (χ3n) is 4.38. The van der Waals surface area contributed by atoms with Crippen LogP contribution in [0.1, 0.15) is 25.6 Å². The third kappa shape index (κ3) is 3.08. The van der Waals surface area contributed by atoms with Gasteiger partial charge in [0.15, 0.2) is 0 Å². The van der Waals surface area contributed by atoms with E-state index in [1.54, 1.807) is 25.3 Å². The summed E-state index contributed by atoms with van der Waals surface area (Å²) in [5.74, 6) is 0.903. The van der Waals surface area contributed by atoms with E-state index in [0.29, 0.717) is 28.9 Å². The average molecular weight is 348 g/mol. The number of carbonyl (C=O) groups is 1. The summed E-state index contributed by atoms with van der Waals surface area (Å²) in [4.78, 5) is 14.8. The Kier molecular flexibility index (Phi) is 4.71. The smallest absolute Gasteiger partial charge is 0.322 e. The predicted octanol–water partition coefficient (Wildman–Crippen LogP) is 4.39. The van der Waals surface area contributed by atoms with E-state index in [1.807, 2.05) is 11.0 Å². The number of fused-ring (bicyclic) bond motifs is 1. The Morgan fingerprint density at radius 2 is 2.12 bits per heavy atom. The Morgan fingerprint density at radius 1 is 1.33 bits per heavy atom. The second-order valence-electron chi connectivity index (χ2n) is 6.28. The van der Waals surface area contributed by atoms with Gasteiger partial charge in [-0.2, -0.15) is 0 Å². The number of carbonyl (C=O) groups excluding carboxylic acids is 1. The van der Waals surface area contributed by atoms with Gasteiger partial charge in [-0.25, -0.2) is 4.79 Å². The number of halogens is 1. The van der Waals surface area contributed by atoms with Crippen molar-refractivity contribution in [1.82, 2.24) is 9.47 Å². The molecule has 2 amide bonds. The van der Waals surface area contributed by atoms with Crippen molar-refractivity contribution in [3.8, 4) is 5.75 Å². The van der Waals surface area contributed by atoms with Crippen molar-refractivity contribution in [2.24, 2.45) is 5.92 Å². The summed E-state index contributed by atoms with van der Waals surface area (Å²) < 4.78 is 7.53. The molecule has 24 heavy (non-hydrogen) atoms. The fraction of sp³-hybridized carbons (Fsp3) is 0.389. The first-order valence-electron chi connectivity index (χ1n) is 8.07. The number of hydrogen-bond donors (Lipinski definition) is 1. The lowest BCUT2D eigenvalue weighted by molar-refractivity contribution is 0.144. The van der Waals surface area contributed by atoms with E-state index in [0.717, 1.165) is 6.54 Å². The first kappa shape index (κ1) is 16.7. The molecular weight excluding hydrogens is 326 g/mol. The van der Waals surface area contributed by atoms with E-state index >= 15 is 0 Å². The van der Waals surface area contributed by atoms with Crippen LogP contribution >= 0.6 is 11.6 Å². The fourth-order valence-electron chi connectivity index (χ4n) is 3.31. The van der Waals surface area contributed by atoms with Gasteiger partial charge in [0.2, 0.25) is 0 Å². The number of nitrogens with zero attached hydrogens (tertiary/aromatic N) is 2.